The SMILES string of the molecule is O=C(CCc1ccc(S(=O)(=O)N2CCCCCC2)cc1)Nc1cc(Cl)ccc1O. The molecule has 0 saturated carbocycles. The minimum absolute atomic E-state index is 0.0502. The minimum Gasteiger partial charge on any atom is -0.506 e. The van der Waals surface area contributed by atoms with E-state index in [1.165, 1.54) is 18.2 Å². The minimum atomic E-state index is -3.47. The van der Waals surface area contributed by atoms with E-state index in [1.54, 1.807) is 28.6 Å². The van der Waals surface area contributed by atoms with Crippen molar-refractivity contribution in [1.82, 2.24) is 4.31 Å². The fourth-order valence-corrected chi connectivity index (χ4v) is 5.03. The summed E-state index contributed by atoms with van der Waals surface area (Å²) in [7, 11) is -3.47. The second-order valence-corrected chi connectivity index (χ2v) is 9.55. The van der Waals surface area contributed by atoms with Crippen molar-refractivity contribution in [2.24, 2.45) is 0 Å². The first-order valence-electron chi connectivity index (χ1n) is 9.74. The summed E-state index contributed by atoms with van der Waals surface area (Å²) in [5.74, 6) is -0.311. The standard InChI is InChI=1S/C21H25ClN2O4S/c22-17-8-11-20(25)19(15-17)23-21(26)12-7-16-5-9-18(10-6-16)29(27,28)24-13-3-1-2-4-14-24/h5-6,8-11,15,25H,1-4,7,12-14H2,(H,23,26). The van der Waals surface area contributed by atoms with E-state index in [-0.39, 0.29) is 28.7 Å². The van der Waals surface area contributed by atoms with E-state index in [4.69, 9.17) is 11.6 Å². The van der Waals surface area contributed by atoms with Gasteiger partial charge in [-0.05, 0) is 55.2 Å². The van der Waals surface area contributed by atoms with Crippen LogP contribution >= 0.6 is 11.6 Å². The molecule has 0 aromatic heterocycles. The highest BCUT2D eigenvalue weighted by Crippen LogP contribution is 2.27. The van der Waals surface area contributed by atoms with Crippen LogP contribution in [0, 0.1) is 0 Å². The second-order valence-electron chi connectivity index (χ2n) is 7.17. The molecule has 29 heavy (non-hydrogen) atoms. The Kier molecular flexibility index (Phi) is 7.16. The molecule has 0 atom stereocenters. The number of nitrogens with one attached hydrogen (secondary N) is 1. The number of rotatable bonds is 6. The van der Waals surface area contributed by atoms with Gasteiger partial charge in [0.15, 0.2) is 0 Å². The number of amides is 1. The van der Waals surface area contributed by atoms with Crippen LogP contribution in [-0.4, -0.2) is 36.8 Å². The Morgan fingerprint density at radius 1 is 1.03 bits per heavy atom. The Morgan fingerprint density at radius 3 is 2.34 bits per heavy atom. The van der Waals surface area contributed by atoms with Crippen molar-refractivity contribution in [3.8, 4) is 5.75 Å². The summed E-state index contributed by atoms with van der Waals surface area (Å²) in [6.07, 6.45) is 4.59. The summed E-state index contributed by atoms with van der Waals surface area (Å²) >= 11 is 5.88. The Labute approximate surface area is 176 Å². The lowest BCUT2D eigenvalue weighted by Crippen LogP contribution is -2.31. The zero-order chi connectivity index (χ0) is 20.9. The number of phenols is 1. The molecular weight excluding hydrogens is 412 g/mol. The van der Waals surface area contributed by atoms with Gasteiger partial charge in [-0.3, -0.25) is 4.79 Å². The number of benzene rings is 2. The van der Waals surface area contributed by atoms with E-state index < -0.39 is 10.0 Å². The number of halogens is 1. The van der Waals surface area contributed by atoms with Crippen molar-refractivity contribution in [2.75, 3.05) is 18.4 Å². The van der Waals surface area contributed by atoms with E-state index in [0.29, 0.717) is 24.5 Å². The highest BCUT2D eigenvalue weighted by molar-refractivity contribution is 7.89. The summed E-state index contributed by atoms with van der Waals surface area (Å²) in [5, 5.41) is 12.8. The lowest BCUT2D eigenvalue weighted by Gasteiger charge is -2.20. The molecule has 156 valence electrons. The first kappa shape index (κ1) is 21.6. The highest BCUT2D eigenvalue weighted by atomic mass is 35.5. The van der Waals surface area contributed by atoms with Gasteiger partial charge in [0.05, 0.1) is 10.6 Å². The van der Waals surface area contributed by atoms with E-state index in [9.17, 15) is 18.3 Å². The number of carbonyl (C=O) groups is 1. The van der Waals surface area contributed by atoms with Gasteiger partial charge in [-0.25, -0.2) is 8.42 Å². The van der Waals surface area contributed by atoms with Crippen LogP contribution in [0.4, 0.5) is 5.69 Å². The molecule has 1 aliphatic heterocycles. The molecule has 6 nitrogen and oxygen atoms in total. The summed E-state index contributed by atoms with van der Waals surface area (Å²) in [4.78, 5) is 12.4. The van der Waals surface area contributed by atoms with Crippen molar-refractivity contribution in [3.05, 3.63) is 53.1 Å². The molecule has 0 aliphatic carbocycles. The Bertz CT molecular complexity index is 953. The highest BCUT2D eigenvalue weighted by Gasteiger charge is 2.24. The van der Waals surface area contributed by atoms with Gasteiger partial charge in [0.25, 0.3) is 0 Å². The van der Waals surface area contributed by atoms with Gasteiger partial charge in [0.2, 0.25) is 15.9 Å². The fourth-order valence-electron chi connectivity index (χ4n) is 3.34. The monoisotopic (exact) mass is 436 g/mol. The van der Waals surface area contributed by atoms with Crippen LogP contribution in [-0.2, 0) is 21.2 Å². The van der Waals surface area contributed by atoms with E-state index in [1.807, 2.05) is 0 Å². The topological polar surface area (TPSA) is 86.7 Å². The number of phenolic OH excluding ortho intramolecular Hbond substituents is 1. The van der Waals surface area contributed by atoms with E-state index >= 15 is 0 Å². The zero-order valence-corrected chi connectivity index (χ0v) is 17.7. The van der Waals surface area contributed by atoms with Gasteiger partial charge in [-0.1, -0.05) is 36.6 Å². The average molecular weight is 437 g/mol. The quantitative estimate of drug-likeness (QED) is 0.665. The number of nitrogens with zero attached hydrogens (tertiary/aromatic N) is 1. The third kappa shape index (κ3) is 5.72. The molecular formula is C21H25ClN2O4S. The lowest BCUT2D eigenvalue weighted by molar-refractivity contribution is -0.116. The van der Waals surface area contributed by atoms with Crippen molar-refractivity contribution in [2.45, 2.75) is 43.4 Å². The molecule has 0 spiro atoms. The van der Waals surface area contributed by atoms with Crippen LogP contribution in [0.3, 0.4) is 0 Å². The number of anilines is 1. The van der Waals surface area contributed by atoms with Gasteiger partial charge in [0.1, 0.15) is 5.75 Å². The maximum atomic E-state index is 12.8. The van der Waals surface area contributed by atoms with Crippen LogP contribution in [0.15, 0.2) is 47.4 Å². The van der Waals surface area contributed by atoms with Crippen molar-refractivity contribution in [1.29, 1.82) is 0 Å². The summed E-state index contributed by atoms with van der Waals surface area (Å²) < 4.78 is 27.2. The van der Waals surface area contributed by atoms with E-state index in [2.05, 4.69) is 5.32 Å². The molecule has 1 heterocycles. The van der Waals surface area contributed by atoms with Gasteiger partial charge in [0, 0.05) is 24.5 Å². The number of aromatic hydroxyl groups is 1. The Hall–Kier alpha value is -2.09. The van der Waals surface area contributed by atoms with Crippen LogP contribution in [0.5, 0.6) is 5.75 Å². The third-order valence-corrected chi connectivity index (χ3v) is 7.15. The van der Waals surface area contributed by atoms with Crippen LogP contribution in [0.1, 0.15) is 37.7 Å². The number of sulfonamides is 1. The number of aryl methyl sites for hydroxylation is 1. The normalized spacial score (nSPS) is 15.6. The molecule has 1 amide bonds. The summed E-state index contributed by atoms with van der Waals surface area (Å²) in [6, 6.07) is 11.1. The van der Waals surface area contributed by atoms with Crippen molar-refractivity contribution >= 4 is 33.2 Å². The van der Waals surface area contributed by atoms with Crippen molar-refractivity contribution < 1.29 is 18.3 Å². The number of hydrogen-bond acceptors (Lipinski definition) is 4. The van der Waals surface area contributed by atoms with Crippen LogP contribution in [0.25, 0.3) is 0 Å². The molecule has 0 unspecified atom stereocenters. The molecule has 3 rings (SSSR count). The largest absolute Gasteiger partial charge is 0.506 e. The fraction of sp³-hybridized carbons (Fsp3) is 0.381. The number of hydrogen-bond donors (Lipinski definition) is 2. The molecule has 2 N–H and O–H groups in total. The van der Waals surface area contributed by atoms with Gasteiger partial charge in [-0.15, -0.1) is 0 Å². The molecule has 1 saturated heterocycles. The first-order chi connectivity index (χ1) is 13.9. The zero-order valence-electron chi connectivity index (χ0n) is 16.1. The third-order valence-electron chi connectivity index (χ3n) is 5.00. The Balaban J connectivity index is 1.59. The summed E-state index contributed by atoms with van der Waals surface area (Å²) in [6.45, 7) is 1.14. The average Bonchev–Trinajstić information content (AvgIpc) is 3.00. The van der Waals surface area contributed by atoms with Gasteiger partial charge < -0.3 is 10.4 Å². The molecule has 0 radical (unpaired) electrons. The first-order valence-corrected chi connectivity index (χ1v) is 11.6. The predicted molar refractivity (Wildman–Crippen MR) is 114 cm³/mol. The predicted octanol–water partition coefficient (Wildman–Crippen LogP) is 4.18. The van der Waals surface area contributed by atoms with Crippen LogP contribution in [0.2, 0.25) is 5.02 Å². The molecule has 1 fully saturated rings. The van der Waals surface area contributed by atoms with E-state index in [0.717, 1.165) is 31.2 Å². The molecule has 8 heteroatoms. The van der Waals surface area contributed by atoms with Gasteiger partial charge in [-0.2, -0.15) is 4.31 Å². The number of carbonyl (C=O) groups excluding carboxylic acids is 1. The maximum absolute atomic E-state index is 12.8. The van der Waals surface area contributed by atoms with Crippen LogP contribution < -0.4 is 5.32 Å². The Morgan fingerprint density at radius 2 is 1.69 bits per heavy atom. The van der Waals surface area contributed by atoms with Crippen molar-refractivity contribution in [3.63, 3.8) is 0 Å². The smallest absolute Gasteiger partial charge is 0.243 e. The summed E-state index contributed by atoms with van der Waals surface area (Å²) in [5.41, 5.74) is 1.13. The maximum Gasteiger partial charge on any atom is 0.243 e. The molecule has 1 aliphatic rings. The van der Waals surface area contributed by atoms with Gasteiger partial charge >= 0.3 is 0 Å². The lowest BCUT2D eigenvalue weighted by atomic mass is 10.1. The molecule has 2 aromatic rings. The second kappa shape index (κ2) is 9.61. The molecule has 2 aromatic carbocycles. The molecule has 0 bridgehead atoms.